The van der Waals surface area contributed by atoms with Gasteiger partial charge in [0.15, 0.2) is 0 Å². The molecule has 0 aliphatic rings. The van der Waals surface area contributed by atoms with Gasteiger partial charge in [-0.1, -0.05) is 15.9 Å². The van der Waals surface area contributed by atoms with Crippen molar-refractivity contribution >= 4 is 27.5 Å². The smallest absolute Gasteiger partial charge is 0.251 e. The summed E-state index contributed by atoms with van der Waals surface area (Å²) < 4.78 is 10.9. The molecule has 0 radical (unpaired) electrons. The topological polar surface area (TPSA) is 47.6 Å². The first kappa shape index (κ1) is 13.6. The largest absolute Gasteiger partial charge is 0.501 e. The van der Waals surface area contributed by atoms with Crippen LogP contribution in [0.15, 0.2) is 35.0 Å². The number of carbonyl (C=O) groups excluding carboxylic acids is 1. The lowest BCUT2D eigenvalue weighted by Crippen LogP contribution is -2.08. The maximum atomic E-state index is 11.5. The van der Waals surface area contributed by atoms with Crippen LogP contribution in [0.2, 0.25) is 0 Å². The summed E-state index contributed by atoms with van der Waals surface area (Å²) >= 11 is 3.33. The van der Waals surface area contributed by atoms with E-state index in [4.69, 9.17) is 9.47 Å². The fourth-order valence-corrected chi connectivity index (χ4v) is 1.62. The number of rotatable bonds is 5. The molecule has 0 aliphatic heterocycles. The zero-order chi connectivity index (χ0) is 12.7. The monoisotopic (exact) mass is 299 g/mol. The van der Waals surface area contributed by atoms with Crippen molar-refractivity contribution in [3.8, 4) is 5.75 Å². The Morgan fingerprint density at radius 1 is 1.47 bits per heavy atom. The van der Waals surface area contributed by atoms with E-state index in [-0.39, 0.29) is 5.91 Å². The maximum Gasteiger partial charge on any atom is 0.251 e. The van der Waals surface area contributed by atoms with Gasteiger partial charge in [0.1, 0.15) is 5.75 Å². The van der Waals surface area contributed by atoms with Crippen LogP contribution in [0.4, 0.5) is 5.69 Å². The molecule has 0 aliphatic carbocycles. The number of benzene rings is 1. The van der Waals surface area contributed by atoms with Gasteiger partial charge in [0, 0.05) is 22.3 Å². The van der Waals surface area contributed by atoms with Crippen molar-refractivity contribution in [2.24, 2.45) is 0 Å². The quantitative estimate of drug-likeness (QED) is 0.672. The molecular formula is C12H14BrNO3. The minimum absolute atomic E-state index is 0.251. The zero-order valence-electron chi connectivity index (χ0n) is 9.70. The lowest BCUT2D eigenvalue weighted by atomic mass is 10.3. The van der Waals surface area contributed by atoms with Crippen molar-refractivity contribution in [2.75, 3.05) is 19.0 Å². The van der Waals surface area contributed by atoms with Crippen molar-refractivity contribution in [1.29, 1.82) is 0 Å². The van der Waals surface area contributed by atoms with Gasteiger partial charge in [-0.25, -0.2) is 0 Å². The number of ether oxygens (including phenoxy) is 2. The van der Waals surface area contributed by atoms with E-state index in [0.717, 1.165) is 4.47 Å². The molecule has 0 heterocycles. The lowest BCUT2D eigenvalue weighted by molar-refractivity contribution is -0.112. The molecule has 1 amide bonds. The molecule has 0 fully saturated rings. The average molecular weight is 300 g/mol. The van der Waals surface area contributed by atoms with Crippen LogP contribution in [0.25, 0.3) is 0 Å². The number of amides is 1. The van der Waals surface area contributed by atoms with E-state index in [1.54, 1.807) is 19.2 Å². The van der Waals surface area contributed by atoms with Crippen LogP contribution in [-0.4, -0.2) is 19.6 Å². The van der Waals surface area contributed by atoms with Gasteiger partial charge in [-0.15, -0.1) is 0 Å². The van der Waals surface area contributed by atoms with E-state index >= 15 is 0 Å². The minimum Gasteiger partial charge on any atom is -0.501 e. The Hall–Kier alpha value is -1.49. The van der Waals surface area contributed by atoms with Crippen LogP contribution in [-0.2, 0) is 9.53 Å². The summed E-state index contributed by atoms with van der Waals surface area (Å²) in [6.45, 7) is 2.38. The summed E-state index contributed by atoms with van der Waals surface area (Å²) in [7, 11) is 1.57. The van der Waals surface area contributed by atoms with Gasteiger partial charge in [-0.2, -0.15) is 0 Å². The highest BCUT2D eigenvalue weighted by molar-refractivity contribution is 9.10. The molecule has 17 heavy (non-hydrogen) atoms. The second-order valence-corrected chi connectivity index (χ2v) is 4.04. The fraction of sp³-hybridized carbons (Fsp3) is 0.250. The molecule has 92 valence electrons. The second-order valence-electron chi connectivity index (χ2n) is 3.13. The van der Waals surface area contributed by atoms with Crippen LogP contribution in [0, 0.1) is 0 Å². The van der Waals surface area contributed by atoms with Crippen molar-refractivity contribution < 1.29 is 14.3 Å². The van der Waals surface area contributed by atoms with Crippen LogP contribution in [0.3, 0.4) is 0 Å². The molecule has 0 saturated heterocycles. The Labute approximate surface area is 109 Å². The van der Waals surface area contributed by atoms with Crippen LogP contribution in [0.5, 0.6) is 5.75 Å². The van der Waals surface area contributed by atoms with Crippen LogP contribution >= 0.6 is 15.9 Å². The zero-order valence-corrected chi connectivity index (χ0v) is 11.3. The number of hydrogen-bond donors (Lipinski definition) is 1. The summed E-state index contributed by atoms with van der Waals surface area (Å²) in [5.41, 5.74) is 0.655. The summed E-state index contributed by atoms with van der Waals surface area (Å²) in [6, 6.07) is 5.33. The van der Waals surface area contributed by atoms with Crippen LogP contribution in [0.1, 0.15) is 6.92 Å². The van der Waals surface area contributed by atoms with Gasteiger partial charge < -0.3 is 14.8 Å². The molecular weight excluding hydrogens is 286 g/mol. The van der Waals surface area contributed by atoms with Crippen molar-refractivity contribution in [3.63, 3.8) is 0 Å². The van der Waals surface area contributed by atoms with Gasteiger partial charge in [0.2, 0.25) is 0 Å². The first-order valence-electron chi connectivity index (χ1n) is 5.09. The Morgan fingerprint density at radius 3 is 2.88 bits per heavy atom. The van der Waals surface area contributed by atoms with Gasteiger partial charge in [-0.3, -0.25) is 4.79 Å². The molecule has 0 atom stereocenters. The maximum absolute atomic E-state index is 11.5. The van der Waals surface area contributed by atoms with Gasteiger partial charge in [-0.05, 0) is 19.1 Å². The van der Waals surface area contributed by atoms with Gasteiger partial charge >= 0.3 is 0 Å². The molecule has 1 aromatic carbocycles. The van der Waals surface area contributed by atoms with E-state index in [1.807, 2.05) is 13.0 Å². The third-order valence-corrected chi connectivity index (χ3v) is 2.31. The highest BCUT2D eigenvalue weighted by Gasteiger charge is 2.02. The summed E-state index contributed by atoms with van der Waals surface area (Å²) in [6.07, 6.45) is 2.70. The number of methoxy groups -OCH3 is 1. The van der Waals surface area contributed by atoms with Gasteiger partial charge in [0.05, 0.1) is 20.0 Å². The van der Waals surface area contributed by atoms with E-state index in [0.29, 0.717) is 18.0 Å². The predicted molar refractivity (Wildman–Crippen MR) is 70.1 cm³/mol. The first-order chi connectivity index (χ1) is 8.15. The van der Waals surface area contributed by atoms with Crippen molar-refractivity contribution in [2.45, 2.75) is 6.92 Å². The minimum atomic E-state index is -0.251. The number of nitrogens with one attached hydrogen (secondary N) is 1. The summed E-state index contributed by atoms with van der Waals surface area (Å²) in [5.74, 6) is 0.419. The molecule has 0 saturated carbocycles. The van der Waals surface area contributed by atoms with E-state index in [1.165, 1.54) is 12.3 Å². The Morgan fingerprint density at radius 2 is 2.24 bits per heavy atom. The molecule has 1 N–H and O–H groups in total. The molecule has 0 spiro atoms. The molecule has 0 aromatic heterocycles. The first-order valence-corrected chi connectivity index (χ1v) is 5.88. The summed E-state index contributed by atoms with van der Waals surface area (Å²) in [5, 5.41) is 2.70. The third-order valence-electron chi connectivity index (χ3n) is 1.86. The fourth-order valence-electron chi connectivity index (χ4n) is 1.14. The highest BCUT2D eigenvalue weighted by Crippen LogP contribution is 2.24. The third kappa shape index (κ3) is 4.91. The van der Waals surface area contributed by atoms with E-state index < -0.39 is 0 Å². The predicted octanol–water partition coefficient (Wildman–Crippen LogP) is 2.95. The van der Waals surface area contributed by atoms with Crippen molar-refractivity contribution in [3.05, 3.63) is 35.0 Å². The standard InChI is InChI=1S/C12H14BrNO3/c1-3-17-5-4-12(15)14-10-6-9(13)7-11(8-10)16-2/h4-8H,3H2,1-2H3,(H,14,15)/b5-4+. The number of halogens is 1. The molecule has 1 aromatic rings. The molecule has 4 nitrogen and oxygen atoms in total. The molecule has 0 bridgehead atoms. The normalized spacial score (nSPS) is 10.3. The van der Waals surface area contributed by atoms with E-state index in [2.05, 4.69) is 21.2 Å². The Balaban J connectivity index is 2.67. The summed E-state index contributed by atoms with van der Waals surface area (Å²) in [4.78, 5) is 11.5. The van der Waals surface area contributed by atoms with Gasteiger partial charge in [0.25, 0.3) is 5.91 Å². The highest BCUT2D eigenvalue weighted by atomic mass is 79.9. The number of carbonyl (C=O) groups is 1. The second kappa shape index (κ2) is 6.96. The SMILES string of the molecule is CCO/C=C/C(=O)Nc1cc(Br)cc(OC)c1. The van der Waals surface area contributed by atoms with E-state index in [9.17, 15) is 4.79 Å². The van der Waals surface area contributed by atoms with Crippen molar-refractivity contribution in [1.82, 2.24) is 0 Å². The molecule has 5 heteroatoms. The lowest BCUT2D eigenvalue weighted by Gasteiger charge is -2.06. The molecule has 0 unspecified atom stereocenters. The Kier molecular flexibility index (Phi) is 5.56. The number of anilines is 1. The van der Waals surface area contributed by atoms with Crippen LogP contribution < -0.4 is 10.1 Å². The molecule has 1 rings (SSSR count). The average Bonchev–Trinajstić information content (AvgIpc) is 2.28. The number of hydrogen-bond acceptors (Lipinski definition) is 3. The Bertz CT molecular complexity index is 418.